The molecule has 0 aliphatic heterocycles. The normalized spacial score (nSPS) is 12.6. The number of nitrogens with zero attached hydrogens (tertiary/aromatic N) is 4. The summed E-state index contributed by atoms with van der Waals surface area (Å²) in [7, 11) is 3.95. The topological polar surface area (TPSA) is 77.0 Å². The smallest absolute Gasteiger partial charge is 0.227 e. The third kappa shape index (κ3) is 3.79. The molecule has 2 aromatic rings. The second-order valence-electron chi connectivity index (χ2n) is 5.05. The van der Waals surface area contributed by atoms with E-state index in [4.69, 9.17) is 17.3 Å². The number of hydrogen-bond donors (Lipinski definition) is 1. The highest BCUT2D eigenvalue weighted by Crippen LogP contribution is 2.27. The molecule has 118 valence electrons. The van der Waals surface area contributed by atoms with E-state index in [0.29, 0.717) is 10.2 Å². The van der Waals surface area contributed by atoms with Crippen molar-refractivity contribution in [3.63, 3.8) is 0 Å². The van der Waals surface area contributed by atoms with E-state index in [2.05, 4.69) is 10.2 Å². The minimum Gasteiger partial charge on any atom is -0.369 e. The van der Waals surface area contributed by atoms with E-state index >= 15 is 0 Å². The van der Waals surface area contributed by atoms with Gasteiger partial charge in [-0.1, -0.05) is 23.4 Å². The Kier molecular flexibility index (Phi) is 5.44. The van der Waals surface area contributed by atoms with Gasteiger partial charge in [-0.15, -0.1) is 10.2 Å². The van der Waals surface area contributed by atoms with Crippen LogP contribution in [0.3, 0.4) is 0 Å². The van der Waals surface area contributed by atoms with Gasteiger partial charge in [0.1, 0.15) is 0 Å². The third-order valence-corrected chi connectivity index (χ3v) is 4.44. The Morgan fingerprint density at radius 1 is 1.36 bits per heavy atom. The monoisotopic (exact) mass is 339 g/mol. The zero-order valence-corrected chi connectivity index (χ0v) is 14.2. The number of primary amides is 1. The summed E-state index contributed by atoms with van der Waals surface area (Å²) >= 11 is 7.22. The summed E-state index contributed by atoms with van der Waals surface area (Å²) in [6.07, 6.45) is 0. The third-order valence-electron chi connectivity index (χ3n) is 3.24. The number of nitrogens with two attached hydrogens (primary N) is 1. The molecule has 0 fully saturated rings. The number of amides is 1. The van der Waals surface area contributed by atoms with Crippen LogP contribution in [0.1, 0.15) is 18.8 Å². The second-order valence-corrected chi connectivity index (χ2v) is 6.43. The lowest BCUT2D eigenvalue weighted by molar-refractivity contribution is -0.115. The van der Waals surface area contributed by atoms with Crippen molar-refractivity contribution in [2.24, 2.45) is 5.73 Å². The fraction of sp³-hybridized carbons (Fsp3) is 0.357. The Balaban J connectivity index is 2.47. The summed E-state index contributed by atoms with van der Waals surface area (Å²) in [5.74, 6) is 0.555. The van der Waals surface area contributed by atoms with Gasteiger partial charge < -0.3 is 5.73 Å². The summed E-state index contributed by atoms with van der Waals surface area (Å²) in [5, 5.41) is 9.77. The quantitative estimate of drug-likeness (QED) is 0.816. The van der Waals surface area contributed by atoms with Gasteiger partial charge in [0.25, 0.3) is 0 Å². The van der Waals surface area contributed by atoms with E-state index in [-0.39, 0.29) is 11.8 Å². The number of carbonyl (C=O) groups excluding carboxylic acids is 1. The molecule has 0 saturated heterocycles. The summed E-state index contributed by atoms with van der Waals surface area (Å²) in [4.78, 5) is 13.1. The van der Waals surface area contributed by atoms with Crippen LogP contribution < -0.4 is 5.73 Å². The highest BCUT2D eigenvalue weighted by molar-refractivity contribution is 7.99. The summed E-state index contributed by atoms with van der Waals surface area (Å²) in [6.45, 7) is 2.04. The molecule has 0 radical (unpaired) electrons. The fourth-order valence-corrected chi connectivity index (χ4v) is 2.67. The van der Waals surface area contributed by atoms with Crippen LogP contribution in [-0.4, -0.2) is 45.4 Å². The molecule has 1 aromatic carbocycles. The minimum absolute atomic E-state index is 0.0612. The van der Waals surface area contributed by atoms with E-state index in [1.54, 1.807) is 0 Å². The van der Waals surface area contributed by atoms with Gasteiger partial charge in [0, 0.05) is 10.7 Å². The van der Waals surface area contributed by atoms with E-state index in [1.807, 2.05) is 54.8 Å². The molecule has 1 unspecified atom stereocenters. The predicted molar refractivity (Wildman–Crippen MR) is 88.4 cm³/mol. The Morgan fingerprint density at radius 3 is 2.55 bits per heavy atom. The standard InChI is InChI=1S/C14H18ClN5OS/c1-9(19(2)3)13-17-18-14(22-8-12(16)21)20(13)11-6-4-10(15)5-7-11/h4-7,9H,8H2,1-3H3,(H2,16,21). The molecular formula is C14H18ClN5OS. The van der Waals surface area contributed by atoms with Gasteiger partial charge in [-0.05, 0) is 45.3 Å². The molecule has 2 rings (SSSR count). The minimum atomic E-state index is -0.391. The highest BCUT2D eigenvalue weighted by Gasteiger charge is 2.21. The van der Waals surface area contributed by atoms with Gasteiger partial charge in [-0.3, -0.25) is 14.3 Å². The van der Waals surface area contributed by atoms with E-state index in [0.717, 1.165) is 11.5 Å². The van der Waals surface area contributed by atoms with Crippen molar-refractivity contribution in [2.75, 3.05) is 19.8 Å². The lowest BCUT2D eigenvalue weighted by atomic mass is 10.2. The zero-order chi connectivity index (χ0) is 16.3. The first-order valence-electron chi connectivity index (χ1n) is 6.69. The lowest BCUT2D eigenvalue weighted by Gasteiger charge is -2.20. The predicted octanol–water partition coefficient (Wildman–Crippen LogP) is 2.12. The molecule has 0 aliphatic rings. The van der Waals surface area contributed by atoms with Crippen LogP contribution >= 0.6 is 23.4 Å². The summed E-state index contributed by atoms with van der Waals surface area (Å²) in [6, 6.07) is 7.47. The molecule has 6 nitrogen and oxygen atoms in total. The molecule has 0 aliphatic carbocycles. The van der Waals surface area contributed by atoms with Crippen molar-refractivity contribution in [2.45, 2.75) is 18.1 Å². The molecule has 1 amide bonds. The van der Waals surface area contributed by atoms with Crippen molar-refractivity contribution in [1.82, 2.24) is 19.7 Å². The van der Waals surface area contributed by atoms with Crippen molar-refractivity contribution in [1.29, 1.82) is 0 Å². The first kappa shape index (κ1) is 16.8. The zero-order valence-electron chi connectivity index (χ0n) is 12.7. The number of halogens is 1. The molecule has 0 spiro atoms. The van der Waals surface area contributed by atoms with Crippen LogP contribution in [-0.2, 0) is 4.79 Å². The van der Waals surface area contributed by atoms with Crippen molar-refractivity contribution >= 4 is 29.3 Å². The number of carbonyl (C=O) groups is 1. The van der Waals surface area contributed by atoms with Crippen LogP contribution in [0, 0.1) is 0 Å². The molecular weight excluding hydrogens is 322 g/mol. The molecule has 8 heteroatoms. The molecule has 22 heavy (non-hydrogen) atoms. The average molecular weight is 340 g/mol. The van der Waals surface area contributed by atoms with Crippen molar-refractivity contribution in [3.05, 3.63) is 35.1 Å². The number of rotatable bonds is 6. The number of benzene rings is 1. The second kappa shape index (κ2) is 7.13. The molecule has 1 heterocycles. The van der Waals surface area contributed by atoms with Gasteiger partial charge >= 0.3 is 0 Å². The molecule has 1 aromatic heterocycles. The van der Waals surface area contributed by atoms with Crippen LogP contribution in [0.5, 0.6) is 0 Å². The number of hydrogen-bond acceptors (Lipinski definition) is 5. The van der Waals surface area contributed by atoms with Crippen LogP contribution in [0.4, 0.5) is 0 Å². The van der Waals surface area contributed by atoms with Crippen molar-refractivity contribution in [3.8, 4) is 5.69 Å². The SMILES string of the molecule is CC(c1nnc(SCC(N)=O)n1-c1ccc(Cl)cc1)N(C)C. The lowest BCUT2D eigenvalue weighted by Crippen LogP contribution is -2.21. The average Bonchev–Trinajstić information content (AvgIpc) is 2.88. The maximum absolute atomic E-state index is 11.0. The Hall–Kier alpha value is -1.57. The van der Waals surface area contributed by atoms with Crippen molar-refractivity contribution < 1.29 is 4.79 Å². The maximum Gasteiger partial charge on any atom is 0.227 e. The van der Waals surface area contributed by atoms with Gasteiger partial charge in [-0.25, -0.2) is 0 Å². The first-order chi connectivity index (χ1) is 10.4. The van der Waals surface area contributed by atoms with E-state index < -0.39 is 5.91 Å². The Morgan fingerprint density at radius 2 is 2.00 bits per heavy atom. The molecule has 0 bridgehead atoms. The van der Waals surface area contributed by atoms with Crippen LogP contribution in [0.15, 0.2) is 29.4 Å². The first-order valence-corrected chi connectivity index (χ1v) is 8.05. The van der Waals surface area contributed by atoms with Gasteiger partial charge in [0.15, 0.2) is 11.0 Å². The summed E-state index contributed by atoms with van der Waals surface area (Å²) in [5.41, 5.74) is 6.11. The fourth-order valence-electron chi connectivity index (χ4n) is 1.84. The van der Waals surface area contributed by atoms with Crippen LogP contribution in [0.2, 0.25) is 5.02 Å². The molecule has 2 N–H and O–H groups in total. The summed E-state index contributed by atoms with van der Waals surface area (Å²) < 4.78 is 1.93. The van der Waals surface area contributed by atoms with E-state index in [9.17, 15) is 4.79 Å². The Labute approximate surface area is 138 Å². The van der Waals surface area contributed by atoms with Crippen LogP contribution in [0.25, 0.3) is 5.69 Å². The number of thioether (sulfide) groups is 1. The highest BCUT2D eigenvalue weighted by atomic mass is 35.5. The van der Waals surface area contributed by atoms with Gasteiger partial charge in [-0.2, -0.15) is 0 Å². The molecule has 1 atom stereocenters. The van der Waals surface area contributed by atoms with Gasteiger partial charge in [0.2, 0.25) is 5.91 Å². The Bertz CT molecular complexity index is 656. The molecule has 0 saturated carbocycles. The van der Waals surface area contributed by atoms with E-state index in [1.165, 1.54) is 11.8 Å². The van der Waals surface area contributed by atoms with Gasteiger partial charge in [0.05, 0.1) is 11.8 Å². The number of aromatic nitrogens is 3. The maximum atomic E-state index is 11.0. The largest absolute Gasteiger partial charge is 0.369 e.